The second-order valence-electron chi connectivity index (χ2n) is 6.47. The number of piperazine rings is 1. The quantitative estimate of drug-likeness (QED) is 0.801. The summed E-state index contributed by atoms with van der Waals surface area (Å²) in [5.74, 6) is 0.935. The van der Waals surface area contributed by atoms with Gasteiger partial charge in [-0.25, -0.2) is 4.98 Å². The first-order valence-electron chi connectivity index (χ1n) is 8.16. The van der Waals surface area contributed by atoms with Gasteiger partial charge in [0.25, 0.3) is 0 Å². The van der Waals surface area contributed by atoms with Crippen LogP contribution in [-0.2, 0) is 0 Å². The molecule has 0 aromatic carbocycles. The molecule has 0 amide bonds. The Bertz CT molecular complexity index is 497. The average Bonchev–Trinajstić information content (AvgIpc) is 2.50. The van der Waals surface area contributed by atoms with Crippen LogP contribution >= 0.6 is 15.9 Å². The number of anilines is 2. The molecular weight excluding hydrogens is 344 g/mol. The third-order valence-electron chi connectivity index (χ3n) is 4.70. The number of nitrogens with zero attached hydrogens (tertiary/aromatic N) is 3. The molecule has 122 valence electrons. The second kappa shape index (κ2) is 7.15. The predicted molar refractivity (Wildman–Crippen MR) is 93.5 cm³/mol. The monoisotopic (exact) mass is 368 g/mol. The first-order chi connectivity index (χ1) is 10.6. The molecule has 1 aromatic heterocycles. The van der Waals surface area contributed by atoms with Crippen molar-refractivity contribution in [3.05, 3.63) is 16.7 Å². The minimum Gasteiger partial charge on any atom is -0.393 e. The lowest BCUT2D eigenvalue weighted by Gasteiger charge is -2.34. The molecule has 0 radical (unpaired) electrons. The molecule has 2 aliphatic rings. The van der Waals surface area contributed by atoms with E-state index < -0.39 is 0 Å². The lowest BCUT2D eigenvalue weighted by molar-refractivity contribution is 0.126. The number of hydrogen-bond acceptors (Lipinski definition) is 5. The Balaban J connectivity index is 1.67. The summed E-state index contributed by atoms with van der Waals surface area (Å²) in [5, 5.41) is 13.2. The summed E-state index contributed by atoms with van der Waals surface area (Å²) < 4.78 is 0.877. The van der Waals surface area contributed by atoms with Gasteiger partial charge in [-0.3, -0.25) is 0 Å². The van der Waals surface area contributed by atoms with E-state index in [1.54, 1.807) is 0 Å². The van der Waals surface area contributed by atoms with E-state index in [9.17, 15) is 5.11 Å². The van der Waals surface area contributed by atoms with Crippen LogP contribution in [0.5, 0.6) is 0 Å². The maximum absolute atomic E-state index is 9.61. The molecule has 0 unspecified atom stereocenters. The zero-order chi connectivity index (χ0) is 15.5. The molecular formula is C16H25BrN4O. The Morgan fingerprint density at radius 2 is 1.82 bits per heavy atom. The molecule has 6 heteroatoms. The molecule has 2 fully saturated rings. The summed E-state index contributed by atoms with van der Waals surface area (Å²) in [5.41, 5.74) is 1.23. The van der Waals surface area contributed by atoms with Gasteiger partial charge in [-0.2, -0.15) is 0 Å². The normalized spacial score (nSPS) is 27.0. The first-order valence-corrected chi connectivity index (χ1v) is 8.95. The van der Waals surface area contributed by atoms with Gasteiger partial charge < -0.3 is 20.2 Å². The smallest absolute Gasteiger partial charge is 0.129 e. The number of likely N-dealkylation sites (N-methyl/N-ethyl adjacent to an activating group) is 1. The number of hydrogen-bond donors (Lipinski definition) is 2. The van der Waals surface area contributed by atoms with E-state index in [2.05, 4.69) is 55.2 Å². The highest BCUT2D eigenvalue weighted by molar-refractivity contribution is 9.10. The van der Waals surface area contributed by atoms with Crippen molar-refractivity contribution in [1.82, 2.24) is 9.88 Å². The van der Waals surface area contributed by atoms with Crippen LogP contribution in [-0.4, -0.2) is 60.4 Å². The zero-order valence-electron chi connectivity index (χ0n) is 13.1. The van der Waals surface area contributed by atoms with Crippen molar-refractivity contribution in [1.29, 1.82) is 0 Å². The predicted octanol–water partition coefficient (Wildman–Crippen LogP) is 2.31. The highest BCUT2D eigenvalue weighted by atomic mass is 79.9. The number of aliphatic hydroxyl groups is 1. The van der Waals surface area contributed by atoms with E-state index in [0.717, 1.165) is 62.3 Å². The van der Waals surface area contributed by atoms with Gasteiger partial charge in [0.2, 0.25) is 0 Å². The van der Waals surface area contributed by atoms with Crippen LogP contribution in [0.15, 0.2) is 16.7 Å². The van der Waals surface area contributed by atoms with Crippen LogP contribution in [0.1, 0.15) is 25.7 Å². The van der Waals surface area contributed by atoms with Crippen molar-refractivity contribution in [3.8, 4) is 0 Å². The van der Waals surface area contributed by atoms with Gasteiger partial charge in [0.05, 0.1) is 6.10 Å². The van der Waals surface area contributed by atoms with E-state index in [0.29, 0.717) is 6.04 Å². The summed E-state index contributed by atoms with van der Waals surface area (Å²) in [6, 6.07) is 4.67. The molecule has 22 heavy (non-hydrogen) atoms. The van der Waals surface area contributed by atoms with Crippen LogP contribution in [0.25, 0.3) is 0 Å². The van der Waals surface area contributed by atoms with E-state index in [-0.39, 0.29) is 6.10 Å². The van der Waals surface area contributed by atoms with Gasteiger partial charge in [0.1, 0.15) is 10.4 Å². The highest BCUT2D eigenvalue weighted by Crippen LogP contribution is 2.26. The van der Waals surface area contributed by atoms with Crippen molar-refractivity contribution in [2.75, 3.05) is 43.4 Å². The molecule has 1 saturated heterocycles. The largest absolute Gasteiger partial charge is 0.393 e. The van der Waals surface area contributed by atoms with Gasteiger partial charge in [-0.15, -0.1) is 0 Å². The Kier molecular flexibility index (Phi) is 5.21. The van der Waals surface area contributed by atoms with E-state index in [1.165, 1.54) is 5.69 Å². The maximum atomic E-state index is 9.61. The average molecular weight is 369 g/mol. The fourth-order valence-electron chi connectivity index (χ4n) is 3.23. The first kappa shape index (κ1) is 16.0. The molecule has 0 bridgehead atoms. The molecule has 2 N–H and O–H groups in total. The lowest BCUT2D eigenvalue weighted by Crippen LogP contribution is -2.44. The number of pyridine rings is 1. The summed E-state index contributed by atoms with van der Waals surface area (Å²) in [7, 11) is 2.17. The Labute approximate surface area is 140 Å². The van der Waals surface area contributed by atoms with Crippen LogP contribution in [0.3, 0.4) is 0 Å². The van der Waals surface area contributed by atoms with Gasteiger partial charge in [-0.1, -0.05) is 0 Å². The van der Waals surface area contributed by atoms with Crippen molar-refractivity contribution in [2.24, 2.45) is 0 Å². The molecule has 0 spiro atoms. The maximum Gasteiger partial charge on any atom is 0.129 e. The Morgan fingerprint density at radius 1 is 1.14 bits per heavy atom. The lowest BCUT2D eigenvalue weighted by atomic mass is 9.93. The van der Waals surface area contributed by atoms with Gasteiger partial charge >= 0.3 is 0 Å². The van der Waals surface area contributed by atoms with Crippen LogP contribution in [0.4, 0.5) is 11.5 Å². The van der Waals surface area contributed by atoms with Crippen LogP contribution < -0.4 is 10.2 Å². The Hall–Kier alpha value is -0.850. The SMILES string of the molecule is CN1CCN(c2cc(Br)nc(NC3CCC(O)CC3)c2)CC1. The third-order valence-corrected chi connectivity index (χ3v) is 5.10. The van der Waals surface area contributed by atoms with Crippen LogP contribution in [0, 0.1) is 0 Å². The minimum atomic E-state index is -0.116. The number of aromatic nitrogens is 1. The molecule has 2 heterocycles. The van der Waals surface area contributed by atoms with Crippen molar-refractivity contribution in [2.45, 2.75) is 37.8 Å². The zero-order valence-corrected chi connectivity index (χ0v) is 14.7. The van der Waals surface area contributed by atoms with Crippen molar-refractivity contribution in [3.63, 3.8) is 0 Å². The van der Waals surface area contributed by atoms with Gasteiger partial charge in [-0.05, 0) is 54.7 Å². The minimum absolute atomic E-state index is 0.116. The van der Waals surface area contributed by atoms with Gasteiger partial charge in [0, 0.05) is 44.0 Å². The number of aliphatic hydroxyl groups excluding tert-OH is 1. The van der Waals surface area contributed by atoms with E-state index >= 15 is 0 Å². The molecule has 5 nitrogen and oxygen atoms in total. The van der Waals surface area contributed by atoms with E-state index in [1.807, 2.05) is 0 Å². The second-order valence-corrected chi connectivity index (χ2v) is 7.29. The van der Waals surface area contributed by atoms with Crippen LogP contribution in [0.2, 0.25) is 0 Å². The molecule has 1 aliphatic carbocycles. The number of halogens is 1. The summed E-state index contributed by atoms with van der Waals surface area (Å²) in [6.07, 6.45) is 3.68. The molecule has 3 rings (SSSR count). The number of nitrogens with one attached hydrogen (secondary N) is 1. The Morgan fingerprint density at radius 3 is 2.50 bits per heavy atom. The summed E-state index contributed by atoms with van der Waals surface area (Å²) >= 11 is 3.54. The van der Waals surface area contributed by atoms with Crippen molar-refractivity contribution < 1.29 is 5.11 Å². The summed E-state index contributed by atoms with van der Waals surface area (Å²) in [4.78, 5) is 9.34. The number of rotatable bonds is 3. The molecule has 1 saturated carbocycles. The molecule has 1 aliphatic heterocycles. The molecule has 0 atom stereocenters. The fourth-order valence-corrected chi connectivity index (χ4v) is 3.66. The fraction of sp³-hybridized carbons (Fsp3) is 0.688. The highest BCUT2D eigenvalue weighted by Gasteiger charge is 2.20. The van der Waals surface area contributed by atoms with Gasteiger partial charge in [0.15, 0.2) is 0 Å². The third kappa shape index (κ3) is 4.12. The molecule has 1 aromatic rings. The summed E-state index contributed by atoms with van der Waals surface area (Å²) in [6.45, 7) is 4.32. The standard InChI is InChI=1S/C16H25BrN4O/c1-20-6-8-21(9-7-20)13-10-15(17)19-16(11-13)18-12-2-4-14(22)5-3-12/h10-12,14,22H,2-9H2,1H3,(H,18,19). The van der Waals surface area contributed by atoms with E-state index in [4.69, 9.17) is 0 Å². The van der Waals surface area contributed by atoms with Crippen molar-refractivity contribution >= 4 is 27.4 Å². The topological polar surface area (TPSA) is 51.6 Å².